The van der Waals surface area contributed by atoms with Crippen LogP contribution in [0, 0.1) is 6.92 Å². The van der Waals surface area contributed by atoms with Crippen molar-refractivity contribution in [2.45, 2.75) is 13.8 Å². The van der Waals surface area contributed by atoms with Crippen LogP contribution in [0.1, 0.15) is 12.5 Å². The molecule has 0 unspecified atom stereocenters. The average molecular weight is 407 g/mol. The van der Waals surface area contributed by atoms with E-state index in [9.17, 15) is 4.79 Å². The molecule has 74 valence electrons. The Morgan fingerprint density at radius 3 is 2.80 bits per heavy atom. The molecule has 0 radical (unpaired) electrons. The minimum atomic E-state index is -1.64. The van der Waals surface area contributed by atoms with Crippen molar-refractivity contribution in [3.8, 4) is 0 Å². The van der Waals surface area contributed by atoms with Crippen LogP contribution in [0.4, 0.5) is 0 Å². The second kappa shape index (κ2) is 4.62. The molecular weight excluding hydrogens is 397 g/mol. The van der Waals surface area contributed by atoms with Crippen LogP contribution in [0.25, 0.3) is 10.1 Å². The Labute approximate surface area is 105 Å². The summed E-state index contributed by atoms with van der Waals surface area (Å²) < 4.78 is 7.89. The van der Waals surface area contributed by atoms with Gasteiger partial charge in [-0.05, 0) is 0 Å². The summed E-state index contributed by atoms with van der Waals surface area (Å²) in [5, 5.41) is 1.31. The van der Waals surface area contributed by atoms with E-state index < -0.39 is 25.0 Å². The predicted octanol–water partition coefficient (Wildman–Crippen LogP) is 2.40. The van der Waals surface area contributed by atoms with Crippen molar-refractivity contribution in [2.75, 3.05) is 0 Å². The van der Waals surface area contributed by atoms with Crippen LogP contribution in [0.2, 0.25) is 0 Å². The molecule has 0 aliphatic carbocycles. The quantitative estimate of drug-likeness (QED) is 0.716. The van der Waals surface area contributed by atoms with Gasteiger partial charge in [0.15, 0.2) is 0 Å². The molecule has 0 atom stereocenters. The van der Waals surface area contributed by atoms with Gasteiger partial charge in [-0.1, -0.05) is 0 Å². The van der Waals surface area contributed by atoms with Gasteiger partial charge in [-0.3, -0.25) is 0 Å². The van der Waals surface area contributed by atoms with E-state index >= 15 is 0 Å². The second-order valence-corrected chi connectivity index (χ2v) is 11.5. The van der Waals surface area contributed by atoms with Crippen molar-refractivity contribution in [1.82, 2.24) is 0 Å². The van der Waals surface area contributed by atoms with Crippen molar-refractivity contribution in [3.63, 3.8) is 0 Å². The van der Waals surface area contributed by atoms with Gasteiger partial charge in [0.1, 0.15) is 0 Å². The number of rotatable bonds is 2. The van der Waals surface area contributed by atoms with E-state index in [4.69, 9.17) is 2.64 Å². The van der Waals surface area contributed by atoms with E-state index in [0.29, 0.717) is 0 Å². The van der Waals surface area contributed by atoms with Crippen LogP contribution in [0.15, 0.2) is 24.3 Å². The van der Waals surface area contributed by atoms with Crippen LogP contribution < -0.4 is 2.39 Å². The third kappa shape index (κ3) is 2.40. The van der Waals surface area contributed by atoms with Gasteiger partial charge >= 0.3 is 106 Å². The van der Waals surface area contributed by atoms with Crippen molar-refractivity contribution in [3.05, 3.63) is 29.8 Å². The molecule has 0 saturated carbocycles. The Hall–Kier alpha value is -0.415. The van der Waals surface area contributed by atoms with Crippen molar-refractivity contribution in [1.29, 1.82) is 0 Å². The van der Waals surface area contributed by atoms with E-state index in [0.717, 1.165) is 0 Å². The van der Waals surface area contributed by atoms with Crippen LogP contribution in [0.3, 0.4) is 0 Å². The molecule has 0 amide bonds. The molecule has 0 spiro atoms. The second-order valence-electron chi connectivity index (χ2n) is 3.43. The minimum absolute atomic E-state index is 0.131. The van der Waals surface area contributed by atoms with Gasteiger partial charge in [-0.2, -0.15) is 0 Å². The Bertz CT molecular complexity index is 504. The Morgan fingerprint density at radius 2 is 2.13 bits per heavy atom. The number of carbonyl (C=O) groups is 1. The molecule has 2 rings (SSSR count). The third-order valence-corrected chi connectivity index (χ3v) is 11.4. The number of hydrogen-bond acceptors (Lipinski definition) is 3. The predicted molar refractivity (Wildman–Crippen MR) is 58.0 cm³/mol. The summed E-state index contributed by atoms with van der Waals surface area (Å²) >= 11 is 0.149. The number of carbonyl (C=O) groups excluding carboxylic acids is 1. The molecule has 2 nitrogen and oxygen atoms in total. The molecule has 1 aromatic carbocycles. The fraction of sp³-hybridized carbons (Fsp3) is 0.182. The molecule has 0 N–H and O–H groups in total. The normalized spacial score (nSPS) is 10.0. The van der Waals surface area contributed by atoms with Gasteiger partial charge in [0, 0.05) is 0 Å². The zero-order valence-electron chi connectivity index (χ0n) is 8.74. The fourth-order valence-electron chi connectivity index (χ4n) is 1.53. The number of fused-ring (bicyclic) bond motifs is 1. The summed E-state index contributed by atoms with van der Waals surface area (Å²) in [5.41, 5.74) is 1.32. The first kappa shape index (κ1) is 11.1. The van der Waals surface area contributed by atoms with E-state index in [-0.39, 0.29) is 5.97 Å². The van der Waals surface area contributed by atoms with Gasteiger partial charge in [0.05, 0.1) is 0 Å². The van der Waals surface area contributed by atoms with E-state index in [1.807, 2.05) is 6.07 Å². The van der Waals surface area contributed by atoms with Crippen molar-refractivity contribution in [2.24, 2.45) is 0 Å². The monoisotopic (exact) mass is 408 g/mol. The van der Waals surface area contributed by atoms with Gasteiger partial charge in [0.25, 0.3) is 0 Å². The first-order chi connectivity index (χ1) is 7.18. The zero-order valence-corrected chi connectivity index (χ0v) is 15.1. The van der Waals surface area contributed by atoms with E-state index in [2.05, 4.69) is 25.1 Å². The summed E-state index contributed by atoms with van der Waals surface area (Å²) in [7, 11) is 0. The summed E-state index contributed by atoms with van der Waals surface area (Å²) in [6.45, 7) is 3.61. The fourth-order valence-corrected chi connectivity index (χ4v) is 8.49. The van der Waals surface area contributed by atoms with Crippen molar-refractivity contribution < 1.29 is 32.5 Å². The molecule has 0 bridgehead atoms. The first-order valence-electron chi connectivity index (χ1n) is 4.79. The molecule has 4 heteroatoms. The molecule has 2 aromatic rings. The third-order valence-electron chi connectivity index (χ3n) is 2.35. The number of thiophene rings is 1. The number of hydrogen-bond donors (Lipinski definition) is 0. The van der Waals surface area contributed by atoms with Crippen LogP contribution in [-0.4, -0.2) is 5.97 Å². The number of aryl methyl sites for hydroxylation is 1. The van der Waals surface area contributed by atoms with Gasteiger partial charge < -0.3 is 0 Å². The molecule has 15 heavy (non-hydrogen) atoms. The molecule has 0 saturated heterocycles. The van der Waals surface area contributed by atoms with Crippen molar-refractivity contribution >= 4 is 29.8 Å². The molecule has 0 aliphatic heterocycles. The number of benzene rings is 1. The topological polar surface area (TPSA) is 26.3 Å². The summed E-state index contributed by atoms with van der Waals surface area (Å²) in [5.74, 6) is -0.131. The van der Waals surface area contributed by atoms with E-state index in [1.165, 1.54) is 25.0 Å². The Kier molecular flexibility index (Phi) is 3.41. The van der Waals surface area contributed by atoms with Gasteiger partial charge in [-0.25, -0.2) is 0 Å². The van der Waals surface area contributed by atoms with Gasteiger partial charge in [-0.15, -0.1) is 0 Å². The Balaban J connectivity index is 2.36. The maximum atomic E-state index is 10.8. The SMILES string of the molecule is CC(=O)[O][Hg][c]1sc2ccccc2c1C. The maximum absolute atomic E-state index is 10.8. The molecule has 0 fully saturated rings. The molecule has 0 aliphatic rings. The Morgan fingerprint density at radius 1 is 1.40 bits per heavy atom. The van der Waals surface area contributed by atoms with Crippen LogP contribution >= 0.6 is 11.3 Å². The van der Waals surface area contributed by atoms with E-state index in [1.54, 1.807) is 11.3 Å². The zero-order chi connectivity index (χ0) is 10.8. The van der Waals surface area contributed by atoms with Crippen LogP contribution in [0.5, 0.6) is 0 Å². The molecule has 1 aromatic heterocycles. The standard InChI is InChI=1S/C9H7S.C2H4O2.Hg/c1-7-6-10-9-5-3-2-4-8(7)9;1-2(3)4;/h2-5H,1H3;1H3,(H,3,4);/q;;+1/p-1. The molecule has 1 heterocycles. The average Bonchev–Trinajstić information content (AvgIpc) is 2.54. The first-order valence-corrected chi connectivity index (χ1v) is 10.6. The molecular formula is C11H10HgO2S. The summed E-state index contributed by atoms with van der Waals surface area (Å²) in [4.78, 5) is 10.8. The van der Waals surface area contributed by atoms with Gasteiger partial charge in [0.2, 0.25) is 0 Å². The summed E-state index contributed by atoms with van der Waals surface area (Å²) in [6, 6.07) is 8.35. The summed E-state index contributed by atoms with van der Waals surface area (Å²) in [6.07, 6.45) is 0. The van der Waals surface area contributed by atoms with Crippen LogP contribution in [-0.2, 0) is 32.5 Å².